The molecule has 0 atom stereocenters. The van der Waals surface area contributed by atoms with Crippen molar-refractivity contribution in [3.05, 3.63) is 41.2 Å². The maximum atomic E-state index is 6.14. The van der Waals surface area contributed by atoms with Crippen molar-refractivity contribution in [1.82, 2.24) is 9.97 Å². The van der Waals surface area contributed by atoms with Gasteiger partial charge in [-0.15, -0.1) is 0 Å². The number of hydrogen-bond acceptors (Lipinski definition) is 4. The average molecular weight is 280 g/mol. The van der Waals surface area contributed by atoms with Crippen LogP contribution in [0.25, 0.3) is 0 Å². The average Bonchev–Trinajstić information content (AvgIpc) is 2.41. The summed E-state index contributed by atoms with van der Waals surface area (Å²) in [7, 11) is 1.85. The first kappa shape index (κ1) is 13.2. The molecule has 0 aliphatic heterocycles. The molecule has 5 heteroatoms. The molecular formula is C13H14ClN3S. The van der Waals surface area contributed by atoms with Crippen molar-refractivity contribution in [1.29, 1.82) is 0 Å². The number of rotatable bonds is 4. The standard InChI is InChI=1S/C13H14ClN3S/c1-3-11-16-12(15-2)8-13(17-11)18-10-7-5-4-6-9(10)14/h4-8H,3H2,1-2H3,(H,15,16,17). The van der Waals surface area contributed by atoms with E-state index >= 15 is 0 Å². The minimum Gasteiger partial charge on any atom is -0.373 e. The van der Waals surface area contributed by atoms with E-state index in [1.807, 2.05) is 44.3 Å². The lowest BCUT2D eigenvalue weighted by Gasteiger charge is -2.07. The molecule has 0 aliphatic rings. The highest BCUT2D eigenvalue weighted by atomic mass is 35.5. The maximum Gasteiger partial charge on any atom is 0.131 e. The number of nitrogens with one attached hydrogen (secondary N) is 1. The molecule has 0 saturated carbocycles. The van der Waals surface area contributed by atoms with Gasteiger partial charge in [-0.05, 0) is 12.1 Å². The first-order valence-electron chi connectivity index (χ1n) is 5.71. The first-order valence-corrected chi connectivity index (χ1v) is 6.90. The second kappa shape index (κ2) is 6.07. The Kier molecular flexibility index (Phi) is 4.44. The molecule has 0 spiro atoms. The number of aromatic nitrogens is 2. The van der Waals surface area contributed by atoms with Crippen LogP contribution >= 0.6 is 23.4 Å². The lowest BCUT2D eigenvalue weighted by molar-refractivity contribution is 0.891. The fraction of sp³-hybridized carbons (Fsp3) is 0.231. The van der Waals surface area contributed by atoms with E-state index in [9.17, 15) is 0 Å². The lowest BCUT2D eigenvalue weighted by atomic mass is 10.4. The highest BCUT2D eigenvalue weighted by Gasteiger charge is 2.06. The van der Waals surface area contributed by atoms with Gasteiger partial charge in [0.15, 0.2) is 0 Å². The Labute approximate surface area is 116 Å². The third-order valence-corrected chi connectivity index (χ3v) is 3.81. The zero-order valence-electron chi connectivity index (χ0n) is 10.3. The van der Waals surface area contributed by atoms with Crippen LogP contribution in [-0.4, -0.2) is 17.0 Å². The van der Waals surface area contributed by atoms with Crippen molar-refractivity contribution in [3.8, 4) is 0 Å². The molecule has 2 rings (SSSR count). The van der Waals surface area contributed by atoms with E-state index in [-0.39, 0.29) is 0 Å². The Morgan fingerprint density at radius 3 is 2.72 bits per heavy atom. The number of benzene rings is 1. The summed E-state index contributed by atoms with van der Waals surface area (Å²) in [5.74, 6) is 1.66. The zero-order chi connectivity index (χ0) is 13.0. The first-order chi connectivity index (χ1) is 8.72. The molecule has 1 aromatic carbocycles. The van der Waals surface area contributed by atoms with Gasteiger partial charge in [-0.1, -0.05) is 42.4 Å². The Morgan fingerprint density at radius 1 is 1.28 bits per heavy atom. The van der Waals surface area contributed by atoms with E-state index in [2.05, 4.69) is 15.3 Å². The molecule has 0 bridgehead atoms. The van der Waals surface area contributed by atoms with Gasteiger partial charge in [0.2, 0.25) is 0 Å². The molecular weight excluding hydrogens is 266 g/mol. The SMILES string of the molecule is CCc1nc(NC)cc(Sc2ccccc2Cl)n1. The van der Waals surface area contributed by atoms with Crippen molar-refractivity contribution >= 4 is 29.2 Å². The molecule has 0 aliphatic carbocycles. The fourth-order valence-corrected chi connectivity index (χ4v) is 2.56. The lowest BCUT2D eigenvalue weighted by Crippen LogP contribution is -2.00. The second-order valence-corrected chi connectivity index (χ2v) is 5.11. The predicted molar refractivity (Wildman–Crippen MR) is 76.5 cm³/mol. The van der Waals surface area contributed by atoms with Gasteiger partial charge in [-0.2, -0.15) is 0 Å². The summed E-state index contributed by atoms with van der Waals surface area (Å²) >= 11 is 7.69. The van der Waals surface area contributed by atoms with E-state index < -0.39 is 0 Å². The molecule has 1 N–H and O–H groups in total. The summed E-state index contributed by atoms with van der Waals surface area (Å²) < 4.78 is 0. The van der Waals surface area contributed by atoms with Crippen LogP contribution in [0.5, 0.6) is 0 Å². The van der Waals surface area contributed by atoms with Gasteiger partial charge in [0, 0.05) is 24.4 Å². The van der Waals surface area contributed by atoms with Crippen LogP contribution in [0.3, 0.4) is 0 Å². The highest BCUT2D eigenvalue weighted by Crippen LogP contribution is 2.32. The Bertz CT molecular complexity index is 523. The molecule has 1 heterocycles. The summed E-state index contributed by atoms with van der Waals surface area (Å²) in [6.45, 7) is 2.04. The minimum atomic E-state index is 0.741. The number of nitrogens with zero attached hydrogens (tertiary/aromatic N) is 2. The smallest absolute Gasteiger partial charge is 0.131 e. The predicted octanol–water partition coefficient (Wildman–Crippen LogP) is 3.89. The molecule has 0 amide bonds. The van der Waals surface area contributed by atoms with E-state index in [4.69, 9.17) is 11.6 Å². The van der Waals surface area contributed by atoms with Crippen molar-refractivity contribution in [2.45, 2.75) is 23.3 Å². The molecule has 94 valence electrons. The van der Waals surface area contributed by atoms with Gasteiger partial charge >= 0.3 is 0 Å². The molecule has 1 aromatic heterocycles. The van der Waals surface area contributed by atoms with Crippen molar-refractivity contribution in [2.24, 2.45) is 0 Å². The molecule has 0 fully saturated rings. The van der Waals surface area contributed by atoms with Crippen LogP contribution < -0.4 is 5.32 Å². The normalized spacial score (nSPS) is 10.4. The fourth-order valence-electron chi connectivity index (χ4n) is 1.45. The van der Waals surface area contributed by atoms with Gasteiger partial charge in [-0.3, -0.25) is 0 Å². The summed E-state index contributed by atoms with van der Waals surface area (Å²) in [6.07, 6.45) is 0.811. The van der Waals surface area contributed by atoms with Crippen LogP contribution in [-0.2, 0) is 6.42 Å². The molecule has 0 unspecified atom stereocenters. The molecule has 0 radical (unpaired) electrons. The van der Waals surface area contributed by atoms with Crippen molar-refractivity contribution < 1.29 is 0 Å². The van der Waals surface area contributed by atoms with Crippen molar-refractivity contribution in [3.63, 3.8) is 0 Å². The Balaban J connectivity index is 2.31. The number of anilines is 1. The third-order valence-electron chi connectivity index (χ3n) is 2.37. The molecule has 0 saturated heterocycles. The van der Waals surface area contributed by atoms with Crippen molar-refractivity contribution in [2.75, 3.05) is 12.4 Å². The van der Waals surface area contributed by atoms with Crippen LogP contribution in [0.2, 0.25) is 5.02 Å². The molecule has 2 aromatic rings. The summed E-state index contributed by atoms with van der Waals surface area (Å²) in [5.41, 5.74) is 0. The van der Waals surface area contributed by atoms with Gasteiger partial charge in [0.25, 0.3) is 0 Å². The zero-order valence-corrected chi connectivity index (χ0v) is 11.8. The Hall–Kier alpha value is -1.26. The van der Waals surface area contributed by atoms with E-state index in [0.29, 0.717) is 0 Å². The van der Waals surface area contributed by atoms with Crippen LogP contribution in [0.4, 0.5) is 5.82 Å². The third kappa shape index (κ3) is 3.15. The van der Waals surface area contributed by atoms with Crippen LogP contribution in [0, 0.1) is 0 Å². The molecule has 3 nitrogen and oxygen atoms in total. The Morgan fingerprint density at radius 2 is 2.06 bits per heavy atom. The van der Waals surface area contributed by atoms with Gasteiger partial charge in [-0.25, -0.2) is 9.97 Å². The maximum absolute atomic E-state index is 6.14. The number of aryl methyl sites for hydroxylation is 1. The van der Waals surface area contributed by atoms with E-state index in [1.54, 1.807) is 11.8 Å². The number of halogens is 1. The largest absolute Gasteiger partial charge is 0.373 e. The van der Waals surface area contributed by atoms with E-state index in [1.165, 1.54) is 0 Å². The van der Waals surface area contributed by atoms with Crippen LogP contribution in [0.1, 0.15) is 12.7 Å². The second-order valence-electron chi connectivity index (χ2n) is 3.64. The van der Waals surface area contributed by atoms with Gasteiger partial charge in [0.1, 0.15) is 16.7 Å². The quantitative estimate of drug-likeness (QED) is 0.862. The minimum absolute atomic E-state index is 0.741. The highest BCUT2D eigenvalue weighted by molar-refractivity contribution is 7.99. The summed E-state index contributed by atoms with van der Waals surface area (Å²) in [6, 6.07) is 9.68. The van der Waals surface area contributed by atoms with E-state index in [0.717, 1.165) is 33.0 Å². The van der Waals surface area contributed by atoms with Crippen LogP contribution in [0.15, 0.2) is 40.3 Å². The topological polar surface area (TPSA) is 37.8 Å². The monoisotopic (exact) mass is 279 g/mol. The van der Waals surface area contributed by atoms with Gasteiger partial charge in [0.05, 0.1) is 5.02 Å². The summed E-state index contributed by atoms with van der Waals surface area (Å²) in [5, 5.41) is 4.69. The summed E-state index contributed by atoms with van der Waals surface area (Å²) in [4.78, 5) is 9.86. The van der Waals surface area contributed by atoms with Gasteiger partial charge < -0.3 is 5.32 Å². The number of hydrogen-bond donors (Lipinski definition) is 1. The molecule has 18 heavy (non-hydrogen) atoms.